The topological polar surface area (TPSA) is 24.5 Å². The Morgan fingerprint density at radius 1 is 1.40 bits per heavy atom. The van der Waals surface area contributed by atoms with Crippen LogP contribution in [0, 0.1) is 0 Å². The van der Waals surface area contributed by atoms with Gasteiger partial charge in [0.2, 0.25) is 0 Å². The van der Waals surface area contributed by atoms with Gasteiger partial charge in [0.15, 0.2) is 0 Å². The first-order valence-electron chi connectivity index (χ1n) is 6.01. The van der Waals surface area contributed by atoms with Crippen molar-refractivity contribution in [3.63, 3.8) is 0 Å². The van der Waals surface area contributed by atoms with Crippen molar-refractivity contribution in [2.75, 3.05) is 44.3 Å². The van der Waals surface area contributed by atoms with Crippen LogP contribution in [0.4, 0.5) is 0 Å². The Morgan fingerprint density at radius 3 is 2.87 bits per heavy atom. The van der Waals surface area contributed by atoms with E-state index in [1.807, 2.05) is 0 Å². The molecule has 2 aliphatic rings. The van der Waals surface area contributed by atoms with E-state index in [0.29, 0.717) is 12.1 Å². The molecule has 88 valence electrons. The number of nitrogens with zero attached hydrogens (tertiary/aromatic N) is 1. The highest BCUT2D eigenvalue weighted by atomic mass is 32.2. The van der Waals surface area contributed by atoms with Crippen molar-refractivity contribution in [3.8, 4) is 0 Å². The van der Waals surface area contributed by atoms with E-state index in [1.165, 1.54) is 37.6 Å². The highest BCUT2D eigenvalue weighted by molar-refractivity contribution is 7.99. The Labute approximate surface area is 96.9 Å². The second kappa shape index (κ2) is 6.09. The van der Waals surface area contributed by atoms with Gasteiger partial charge in [0, 0.05) is 50.3 Å². The van der Waals surface area contributed by atoms with Gasteiger partial charge in [0.1, 0.15) is 0 Å². The molecule has 0 saturated carbocycles. The van der Waals surface area contributed by atoms with E-state index < -0.39 is 0 Å². The van der Waals surface area contributed by atoms with Crippen LogP contribution >= 0.6 is 11.8 Å². The lowest BCUT2D eigenvalue weighted by molar-refractivity contribution is 0.112. The van der Waals surface area contributed by atoms with Crippen LogP contribution in [0.25, 0.3) is 0 Å². The SMILES string of the molecule is CC1OCCC1NCCN1CCSCC1. The normalized spacial score (nSPS) is 33.4. The number of thioether (sulfide) groups is 1. The summed E-state index contributed by atoms with van der Waals surface area (Å²) in [6.07, 6.45) is 1.58. The molecule has 2 heterocycles. The number of hydrogen-bond acceptors (Lipinski definition) is 4. The van der Waals surface area contributed by atoms with E-state index >= 15 is 0 Å². The third-order valence-corrected chi connectivity index (χ3v) is 4.26. The van der Waals surface area contributed by atoms with Crippen LogP contribution in [0.15, 0.2) is 0 Å². The average Bonchev–Trinajstić information content (AvgIpc) is 2.66. The van der Waals surface area contributed by atoms with Crippen molar-refractivity contribution >= 4 is 11.8 Å². The highest BCUT2D eigenvalue weighted by Crippen LogP contribution is 2.12. The molecule has 3 nitrogen and oxygen atoms in total. The molecule has 2 rings (SSSR count). The van der Waals surface area contributed by atoms with Gasteiger partial charge in [-0.25, -0.2) is 0 Å². The molecule has 1 N–H and O–H groups in total. The zero-order valence-electron chi connectivity index (χ0n) is 9.58. The Kier molecular flexibility index (Phi) is 4.75. The van der Waals surface area contributed by atoms with Gasteiger partial charge in [0.05, 0.1) is 6.10 Å². The van der Waals surface area contributed by atoms with E-state index in [0.717, 1.165) is 13.2 Å². The van der Waals surface area contributed by atoms with E-state index in [4.69, 9.17) is 4.74 Å². The molecular formula is C11H22N2OS. The van der Waals surface area contributed by atoms with Gasteiger partial charge < -0.3 is 15.0 Å². The molecule has 2 atom stereocenters. The molecule has 0 bridgehead atoms. The predicted molar refractivity (Wildman–Crippen MR) is 65.6 cm³/mol. The molecule has 0 radical (unpaired) electrons. The predicted octanol–water partition coefficient (Wildman–Crippen LogP) is 0.802. The van der Waals surface area contributed by atoms with Crippen LogP contribution in [0.2, 0.25) is 0 Å². The minimum atomic E-state index is 0.405. The maximum absolute atomic E-state index is 5.53. The van der Waals surface area contributed by atoms with E-state index in [-0.39, 0.29) is 0 Å². The quantitative estimate of drug-likeness (QED) is 0.772. The van der Waals surface area contributed by atoms with Crippen LogP contribution in [-0.4, -0.2) is 61.3 Å². The fourth-order valence-corrected chi connectivity index (χ4v) is 3.21. The fourth-order valence-electron chi connectivity index (χ4n) is 2.23. The van der Waals surface area contributed by atoms with Gasteiger partial charge in [-0.15, -0.1) is 0 Å². The standard InChI is InChI=1S/C11H22N2OS/c1-10-11(2-7-14-10)12-3-4-13-5-8-15-9-6-13/h10-12H,2-9H2,1H3. The van der Waals surface area contributed by atoms with Gasteiger partial charge in [-0.1, -0.05) is 0 Å². The molecule has 2 aliphatic heterocycles. The van der Waals surface area contributed by atoms with Crippen LogP contribution in [-0.2, 0) is 4.74 Å². The fraction of sp³-hybridized carbons (Fsp3) is 1.00. The van der Waals surface area contributed by atoms with Gasteiger partial charge in [-0.2, -0.15) is 11.8 Å². The van der Waals surface area contributed by atoms with E-state index in [9.17, 15) is 0 Å². The summed E-state index contributed by atoms with van der Waals surface area (Å²) in [5.41, 5.74) is 0. The van der Waals surface area contributed by atoms with Crippen molar-refractivity contribution in [1.29, 1.82) is 0 Å². The van der Waals surface area contributed by atoms with Crippen LogP contribution in [0.1, 0.15) is 13.3 Å². The zero-order valence-corrected chi connectivity index (χ0v) is 10.4. The largest absolute Gasteiger partial charge is 0.377 e. The zero-order chi connectivity index (χ0) is 10.5. The first kappa shape index (κ1) is 11.7. The monoisotopic (exact) mass is 230 g/mol. The summed E-state index contributed by atoms with van der Waals surface area (Å²) in [6.45, 7) is 7.94. The molecule has 0 aliphatic carbocycles. The number of rotatable bonds is 4. The van der Waals surface area contributed by atoms with Crippen molar-refractivity contribution in [3.05, 3.63) is 0 Å². The molecule has 0 aromatic carbocycles. The van der Waals surface area contributed by atoms with Gasteiger partial charge in [-0.3, -0.25) is 0 Å². The molecule has 0 aromatic rings. The number of ether oxygens (including phenoxy) is 1. The lowest BCUT2D eigenvalue weighted by Crippen LogP contribution is -2.42. The van der Waals surface area contributed by atoms with Crippen LogP contribution < -0.4 is 5.32 Å². The number of hydrogen-bond donors (Lipinski definition) is 1. The maximum Gasteiger partial charge on any atom is 0.0700 e. The molecule has 2 saturated heterocycles. The highest BCUT2D eigenvalue weighted by Gasteiger charge is 2.23. The first-order valence-corrected chi connectivity index (χ1v) is 7.17. The van der Waals surface area contributed by atoms with Crippen molar-refractivity contribution < 1.29 is 4.74 Å². The Hall–Kier alpha value is 0.230. The first-order chi connectivity index (χ1) is 7.36. The summed E-state index contributed by atoms with van der Waals surface area (Å²) in [7, 11) is 0. The Balaban J connectivity index is 1.57. The lowest BCUT2D eigenvalue weighted by atomic mass is 10.1. The summed E-state index contributed by atoms with van der Waals surface area (Å²) in [5.74, 6) is 2.62. The Bertz CT molecular complexity index is 185. The summed E-state index contributed by atoms with van der Waals surface area (Å²) in [4.78, 5) is 2.56. The molecule has 0 spiro atoms. The summed E-state index contributed by atoms with van der Waals surface area (Å²) in [6, 6.07) is 0.587. The Morgan fingerprint density at radius 2 is 2.20 bits per heavy atom. The second-order valence-electron chi connectivity index (χ2n) is 4.38. The van der Waals surface area contributed by atoms with Gasteiger partial charge in [-0.05, 0) is 13.3 Å². The van der Waals surface area contributed by atoms with Crippen LogP contribution in [0.3, 0.4) is 0 Å². The smallest absolute Gasteiger partial charge is 0.0700 e. The van der Waals surface area contributed by atoms with Crippen molar-refractivity contribution in [2.45, 2.75) is 25.5 Å². The maximum atomic E-state index is 5.53. The second-order valence-corrected chi connectivity index (χ2v) is 5.60. The third kappa shape index (κ3) is 3.63. The van der Waals surface area contributed by atoms with E-state index in [1.54, 1.807) is 0 Å². The molecule has 2 unspecified atom stereocenters. The summed E-state index contributed by atoms with van der Waals surface area (Å²) in [5, 5.41) is 3.61. The van der Waals surface area contributed by atoms with Gasteiger partial charge in [0.25, 0.3) is 0 Å². The molecular weight excluding hydrogens is 208 g/mol. The molecule has 0 aromatic heterocycles. The van der Waals surface area contributed by atoms with Crippen LogP contribution in [0.5, 0.6) is 0 Å². The molecule has 0 amide bonds. The van der Waals surface area contributed by atoms with Gasteiger partial charge >= 0.3 is 0 Å². The molecule has 4 heteroatoms. The van der Waals surface area contributed by atoms with E-state index in [2.05, 4.69) is 28.9 Å². The minimum absolute atomic E-state index is 0.405. The average molecular weight is 230 g/mol. The molecule has 15 heavy (non-hydrogen) atoms. The summed E-state index contributed by atoms with van der Waals surface area (Å²) >= 11 is 2.08. The van der Waals surface area contributed by atoms with Crippen molar-refractivity contribution in [1.82, 2.24) is 10.2 Å². The molecule has 2 fully saturated rings. The number of nitrogens with one attached hydrogen (secondary N) is 1. The van der Waals surface area contributed by atoms with Crippen molar-refractivity contribution in [2.24, 2.45) is 0 Å². The lowest BCUT2D eigenvalue weighted by Gasteiger charge is -2.27. The third-order valence-electron chi connectivity index (χ3n) is 3.31. The summed E-state index contributed by atoms with van der Waals surface area (Å²) < 4.78 is 5.53. The minimum Gasteiger partial charge on any atom is -0.377 e.